The minimum absolute atomic E-state index is 0.0867. The third kappa shape index (κ3) is 3.43. The number of imidazole rings is 1. The first-order valence-corrected chi connectivity index (χ1v) is 5.85. The number of hydrogen-bond donors (Lipinski definition) is 3. The standard InChI is InChI=1S/C13H16N4O/c14-11(10-4-2-1-3-5-10)6-7-12(18)17-13-15-8-9-16-13/h1-5,8-9,11H,6-7,14H2,(H2,15,16,17,18). The molecule has 4 N–H and O–H groups in total. The van der Waals surface area contributed by atoms with Crippen LogP contribution in [0.15, 0.2) is 42.7 Å². The predicted molar refractivity (Wildman–Crippen MR) is 69.8 cm³/mol. The summed E-state index contributed by atoms with van der Waals surface area (Å²) in [6.07, 6.45) is 4.23. The van der Waals surface area contributed by atoms with E-state index in [4.69, 9.17) is 5.73 Å². The molecule has 0 radical (unpaired) electrons. The topological polar surface area (TPSA) is 83.8 Å². The summed E-state index contributed by atoms with van der Waals surface area (Å²) in [6.45, 7) is 0. The minimum atomic E-state index is -0.117. The number of aromatic amines is 1. The number of anilines is 1. The third-order valence-corrected chi connectivity index (χ3v) is 2.67. The Morgan fingerprint density at radius 1 is 1.39 bits per heavy atom. The van der Waals surface area contributed by atoms with E-state index < -0.39 is 0 Å². The van der Waals surface area contributed by atoms with E-state index >= 15 is 0 Å². The van der Waals surface area contributed by atoms with Crippen molar-refractivity contribution in [1.29, 1.82) is 0 Å². The summed E-state index contributed by atoms with van der Waals surface area (Å²) in [6, 6.07) is 9.65. The number of H-pyrrole nitrogens is 1. The molecule has 0 aliphatic heterocycles. The van der Waals surface area contributed by atoms with E-state index in [9.17, 15) is 4.79 Å². The summed E-state index contributed by atoms with van der Waals surface area (Å²) in [5.74, 6) is 0.379. The van der Waals surface area contributed by atoms with Crippen molar-refractivity contribution >= 4 is 11.9 Å². The lowest BCUT2D eigenvalue weighted by Crippen LogP contribution is -2.17. The number of nitrogens with two attached hydrogens (primary N) is 1. The fourth-order valence-electron chi connectivity index (χ4n) is 1.68. The summed E-state index contributed by atoms with van der Waals surface area (Å²) in [5, 5.41) is 2.67. The van der Waals surface area contributed by atoms with Crippen molar-refractivity contribution in [1.82, 2.24) is 9.97 Å². The molecule has 18 heavy (non-hydrogen) atoms. The van der Waals surface area contributed by atoms with Gasteiger partial charge in [0.25, 0.3) is 0 Å². The van der Waals surface area contributed by atoms with Gasteiger partial charge in [0.1, 0.15) is 0 Å². The number of nitrogens with zero attached hydrogens (tertiary/aromatic N) is 1. The highest BCUT2D eigenvalue weighted by Gasteiger charge is 2.09. The highest BCUT2D eigenvalue weighted by molar-refractivity contribution is 5.88. The Morgan fingerprint density at radius 3 is 2.83 bits per heavy atom. The van der Waals surface area contributed by atoms with E-state index in [1.165, 1.54) is 0 Å². The van der Waals surface area contributed by atoms with Crippen LogP contribution in [-0.4, -0.2) is 15.9 Å². The van der Waals surface area contributed by atoms with E-state index in [-0.39, 0.29) is 11.9 Å². The number of aromatic nitrogens is 2. The molecule has 0 saturated heterocycles. The van der Waals surface area contributed by atoms with Gasteiger partial charge in [0.15, 0.2) is 0 Å². The molecule has 1 unspecified atom stereocenters. The first kappa shape index (κ1) is 12.3. The van der Waals surface area contributed by atoms with Crippen LogP contribution in [0.3, 0.4) is 0 Å². The van der Waals surface area contributed by atoms with Gasteiger partial charge in [0.2, 0.25) is 11.9 Å². The van der Waals surface area contributed by atoms with E-state index in [0.717, 1.165) is 5.56 Å². The molecular weight excluding hydrogens is 228 g/mol. The second kappa shape index (κ2) is 5.97. The van der Waals surface area contributed by atoms with Crippen molar-refractivity contribution < 1.29 is 4.79 Å². The van der Waals surface area contributed by atoms with Crippen LogP contribution in [0.25, 0.3) is 0 Å². The number of hydrogen-bond acceptors (Lipinski definition) is 3. The zero-order valence-corrected chi connectivity index (χ0v) is 9.97. The maximum atomic E-state index is 11.6. The molecule has 0 aliphatic carbocycles. The average molecular weight is 244 g/mol. The molecule has 0 bridgehead atoms. The first-order chi connectivity index (χ1) is 8.75. The maximum Gasteiger partial charge on any atom is 0.226 e. The van der Waals surface area contributed by atoms with E-state index in [1.54, 1.807) is 12.4 Å². The number of carbonyl (C=O) groups is 1. The Kier molecular flexibility index (Phi) is 4.09. The molecule has 2 rings (SSSR count). The Hall–Kier alpha value is -2.14. The molecule has 0 spiro atoms. The SMILES string of the molecule is NC(CCC(=O)Nc1ncc[nH]1)c1ccccc1. The summed E-state index contributed by atoms with van der Waals surface area (Å²) < 4.78 is 0. The molecule has 1 aromatic carbocycles. The Labute approximate surface area is 105 Å². The van der Waals surface area contributed by atoms with E-state index in [0.29, 0.717) is 18.8 Å². The monoisotopic (exact) mass is 244 g/mol. The molecule has 1 heterocycles. The smallest absolute Gasteiger partial charge is 0.226 e. The van der Waals surface area contributed by atoms with Crippen molar-refractivity contribution in [2.45, 2.75) is 18.9 Å². The Balaban J connectivity index is 1.79. The molecule has 1 aromatic heterocycles. The van der Waals surface area contributed by atoms with Gasteiger partial charge in [0, 0.05) is 24.9 Å². The largest absolute Gasteiger partial charge is 0.331 e. The highest BCUT2D eigenvalue weighted by atomic mass is 16.1. The lowest BCUT2D eigenvalue weighted by atomic mass is 10.0. The third-order valence-electron chi connectivity index (χ3n) is 2.67. The van der Waals surface area contributed by atoms with Crippen LogP contribution in [0.5, 0.6) is 0 Å². The van der Waals surface area contributed by atoms with Gasteiger partial charge in [0.05, 0.1) is 0 Å². The van der Waals surface area contributed by atoms with Crippen LogP contribution >= 0.6 is 0 Å². The van der Waals surface area contributed by atoms with Gasteiger partial charge >= 0.3 is 0 Å². The number of amides is 1. The van der Waals surface area contributed by atoms with Crippen molar-refractivity contribution in [3.05, 3.63) is 48.3 Å². The van der Waals surface area contributed by atoms with Crippen LogP contribution in [0, 0.1) is 0 Å². The van der Waals surface area contributed by atoms with Gasteiger partial charge in [-0.3, -0.25) is 10.1 Å². The fraction of sp³-hybridized carbons (Fsp3) is 0.231. The molecule has 1 amide bonds. The van der Waals surface area contributed by atoms with Gasteiger partial charge in [-0.2, -0.15) is 0 Å². The second-order valence-electron chi connectivity index (χ2n) is 4.04. The fourth-order valence-corrected chi connectivity index (χ4v) is 1.68. The molecule has 5 heteroatoms. The van der Waals surface area contributed by atoms with Crippen LogP contribution in [0.4, 0.5) is 5.95 Å². The molecular formula is C13H16N4O. The molecule has 94 valence electrons. The molecule has 1 atom stereocenters. The maximum absolute atomic E-state index is 11.6. The van der Waals surface area contributed by atoms with Gasteiger partial charge in [-0.15, -0.1) is 0 Å². The van der Waals surface area contributed by atoms with E-state index in [2.05, 4.69) is 15.3 Å². The molecule has 0 fully saturated rings. The minimum Gasteiger partial charge on any atom is -0.331 e. The molecule has 2 aromatic rings. The predicted octanol–water partition coefficient (Wildman–Crippen LogP) is 1.83. The summed E-state index contributed by atoms with van der Waals surface area (Å²) in [4.78, 5) is 18.4. The van der Waals surface area contributed by atoms with Gasteiger partial charge in [-0.05, 0) is 12.0 Å². The van der Waals surface area contributed by atoms with Gasteiger partial charge in [-0.1, -0.05) is 30.3 Å². The Bertz CT molecular complexity index is 481. The summed E-state index contributed by atoms with van der Waals surface area (Å²) in [5.41, 5.74) is 7.06. The first-order valence-electron chi connectivity index (χ1n) is 5.85. The van der Waals surface area contributed by atoms with E-state index in [1.807, 2.05) is 30.3 Å². The van der Waals surface area contributed by atoms with Crippen molar-refractivity contribution in [3.63, 3.8) is 0 Å². The number of benzene rings is 1. The number of rotatable bonds is 5. The number of nitrogens with one attached hydrogen (secondary N) is 2. The van der Waals surface area contributed by atoms with Crippen LogP contribution in [0.1, 0.15) is 24.4 Å². The van der Waals surface area contributed by atoms with Crippen LogP contribution in [-0.2, 0) is 4.79 Å². The van der Waals surface area contributed by atoms with Crippen LogP contribution < -0.4 is 11.1 Å². The normalized spacial score (nSPS) is 12.1. The summed E-state index contributed by atoms with van der Waals surface area (Å²) >= 11 is 0. The zero-order chi connectivity index (χ0) is 12.8. The Morgan fingerprint density at radius 2 is 2.17 bits per heavy atom. The lowest BCUT2D eigenvalue weighted by Gasteiger charge is -2.11. The second-order valence-corrected chi connectivity index (χ2v) is 4.04. The van der Waals surface area contributed by atoms with Crippen molar-refractivity contribution in [3.8, 4) is 0 Å². The lowest BCUT2D eigenvalue weighted by molar-refractivity contribution is -0.116. The van der Waals surface area contributed by atoms with Crippen LogP contribution in [0.2, 0.25) is 0 Å². The quantitative estimate of drug-likeness (QED) is 0.750. The van der Waals surface area contributed by atoms with Gasteiger partial charge in [-0.25, -0.2) is 4.98 Å². The number of carbonyl (C=O) groups excluding carboxylic acids is 1. The molecule has 0 aliphatic rings. The van der Waals surface area contributed by atoms with Crippen molar-refractivity contribution in [2.24, 2.45) is 5.73 Å². The zero-order valence-electron chi connectivity index (χ0n) is 9.97. The molecule has 5 nitrogen and oxygen atoms in total. The average Bonchev–Trinajstić information content (AvgIpc) is 2.90. The molecule has 0 saturated carbocycles. The van der Waals surface area contributed by atoms with Crippen molar-refractivity contribution in [2.75, 3.05) is 5.32 Å². The van der Waals surface area contributed by atoms with Gasteiger partial charge < -0.3 is 10.7 Å². The summed E-state index contributed by atoms with van der Waals surface area (Å²) in [7, 11) is 0. The highest BCUT2D eigenvalue weighted by Crippen LogP contribution is 2.15.